The highest BCUT2D eigenvalue weighted by molar-refractivity contribution is 5.13. The van der Waals surface area contributed by atoms with Crippen molar-refractivity contribution in [3.8, 4) is 0 Å². The Balaban J connectivity index is 1.70. The zero-order chi connectivity index (χ0) is 13.9. The Kier molecular flexibility index (Phi) is 3.86. The van der Waals surface area contributed by atoms with Crippen LogP contribution in [-0.2, 0) is 20.8 Å². The van der Waals surface area contributed by atoms with Gasteiger partial charge in [0, 0.05) is 4.91 Å². The first-order chi connectivity index (χ1) is 9.79. The summed E-state index contributed by atoms with van der Waals surface area (Å²) < 4.78 is 16.7. The number of azide groups is 1. The van der Waals surface area contributed by atoms with Crippen molar-refractivity contribution < 1.29 is 19.3 Å². The number of aliphatic hydroxyl groups is 1. The standard InChI is InChI=1S/C13H15N3O4/c14-16-15-10-11(17)12(9-7-19-13(10)20-9)18-6-8-4-2-1-3-5-8/h1-5,9-13,17H,6-7H2/t9-,10+,11-,12+,13+/m1/s1. The minimum Gasteiger partial charge on any atom is -0.390 e. The third-order valence-corrected chi connectivity index (χ3v) is 3.54. The smallest absolute Gasteiger partial charge is 0.169 e. The van der Waals surface area contributed by atoms with Crippen molar-refractivity contribution in [2.45, 2.75) is 37.3 Å². The van der Waals surface area contributed by atoms with Gasteiger partial charge in [0.05, 0.1) is 19.3 Å². The molecule has 7 heteroatoms. The van der Waals surface area contributed by atoms with Crippen molar-refractivity contribution >= 4 is 0 Å². The lowest BCUT2D eigenvalue weighted by molar-refractivity contribution is -0.195. The summed E-state index contributed by atoms with van der Waals surface area (Å²) in [5, 5.41) is 13.8. The molecule has 0 radical (unpaired) electrons. The maximum absolute atomic E-state index is 10.3. The normalized spacial score (nSPS) is 35.5. The van der Waals surface area contributed by atoms with Gasteiger partial charge in [-0.1, -0.05) is 35.4 Å². The van der Waals surface area contributed by atoms with Gasteiger partial charge in [-0.2, -0.15) is 0 Å². The molecule has 1 aromatic carbocycles. The highest BCUT2D eigenvalue weighted by Crippen LogP contribution is 2.32. The molecule has 0 spiro atoms. The van der Waals surface area contributed by atoms with E-state index in [2.05, 4.69) is 10.0 Å². The Morgan fingerprint density at radius 1 is 1.40 bits per heavy atom. The third kappa shape index (κ3) is 2.49. The molecule has 2 heterocycles. The van der Waals surface area contributed by atoms with Crippen LogP contribution in [0.1, 0.15) is 5.56 Å². The molecule has 0 aromatic heterocycles. The fourth-order valence-corrected chi connectivity index (χ4v) is 2.52. The fraction of sp³-hybridized carbons (Fsp3) is 0.538. The molecular formula is C13H15N3O4. The quantitative estimate of drug-likeness (QED) is 0.510. The van der Waals surface area contributed by atoms with Crippen molar-refractivity contribution in [2.75, 3.05) is 6.61 Å². The molecule has 0 saturated carbocycles. The molecule has 2 fully saturated rings. The van der Waals surface area contributed by atoms with Gasteiger partial charge in [0.1, 0.15) is 18.2 Å². The lowest BCUT2D eigenvalue weighted by Gasteiger charge is -2.35. The summed E-state index contributed by atoms with van der Waals surface area (Å²) in [6, 6.07) is 8.87. The number of nitrogens with zero attached hydrogens (tertiary/aromatic N) is 3. The first-order valence-corrected chi connectivity index (χ1v) is 6.44. The van der Waals surface area contributed by atoms with Crippen LogP contribution in [0.15, 0.2) is 35.4 Å². The zero-order valence-corrected chi connectivity index (χ0v) is 10.7. The van der Waals surface area contributed by atoms with Crippen LogP contribution in [0.3, 0.4) is 0 Å². The first-order valence-electron chi connectivity index (χ1n) is 6.44. The van der Waals surface area contributed by atoms with Crippen LogP contribution in [0.2, 0.25) is 0 Å². The summed E-state index contributed by atoms with van der Waals surface area (Å²) >= 11 is 0. The highest BCUT2D eigenvalue weighted by atomic mass is 16.7. The predicted molar refractivity (Wildman–Crippen MR) is 68.6 cm³/mol. The van der Waals surface area contributed by atoms with E-state index in [0.717, 1.165) is 5.56 Å². The molecule has 2 bridgehead atoms. The van der Waals surface area contributed by atoms with Crippen molar-refractivity contribution in [1.82, 2.24) is 0 Å². The van der Waals surface area contributed by atoms with Crippen molar-refractivity contribution in [3.05, 3.63) is 46.3 Å². The number of benzene rings is 1. The second-order valence-electron chi connectivity index (χ2n) is 4.82. The summed E-state index contributed by atoms with van der Waals surface area (Å²) in [5.41, 5.74) is 9.55. The lowest BCUT2D eigenvalue weighted by Crippen LogP contribution is -2.53. The summed E-state index contributed by atoms with van der Waals surface area (Å²) in [6.07, 6.45) is -2.50. The van der Waals surface area contributed by atoms with Crippen LogP contribution in [0.5, 0.6) is 0 Å². The Bertz CT molecular complexity index is 506. The molecule has 0 amide bonds. The Hall–Kier alpha value is -1.63. The van der Waals surface area contributed by atoms with Gasteiger partial charge >= 0.3 is 0 Å². The molecule has 1 N–H and O–H groups in total. The number of hydrogen-bond acceptors (Lipinski definition) is 5. The average molecular weight is 277 g/mol. The predicted octanol–water partition coefficient (Wildman–Crippen LogP) is 1.37. The van der Waals surface area contributed by atoms with E-state index in [0.29, 0.717) is 13.2 Å². The van der Waals surface area contributed by atoms with E-state index >= 15 is 0 Å². The molecule has 1 aromatic rings. The number of aliphatic hydroxyl groups excluding tert-OH is 1. The van der Waals surface area contributed by atoms with E-state index in [1.54, 1.807) is 0 Å². The van der Waals surface area contributed by atoms with Crippen LogP contribution in [0.25, 0.3) is 10.4 Å². The molecule has 106 valence electrons. The van der Waals surface area contributed by atoms with Gasteiger partial charge in [0.2, 0.25) is 0 Å². The second-order valence-corrected chi connectivity index (χ2v) is 4.82. The Morgan fingerprint density at radius 3 is 2.95 bits per heavy atom. The molecule has 0 aliphatic carbocycles. The number of rotatable bonds is 4. The van der Waals surface area contributed by atoms with Crippen LogP contribution in [0.4, 0.5) is 0 Å². The summed E-state index contributed by atoms with van der Waals surface area (Å²) in [7, 11) is 0. The number of fused-ring (bicyclic) bond motifs is 2. The Morgan fingerprint density at radius 2 is 2.20 bits per heavy atom. The minimum absolute atomic E-state index is 0.330. The van der Waals surface area contributed by atoms with Crippen LogP contribution in [-0.4, -0.2) is 42.4 Å². The van der Waals surface area contributed by atoms with Gasteiger partial charge < -0.3 is 19.3 Å². The molecule has 7 nitrogen and oxygen atoms in total. The SMILES string of the molecule is [N-]=[N+]=N[C@@H]1[C@H]2OC[C@@H](O2)[C@H](OCc2ccccc2)[C@@H]1O. The molecule has 2 saturated heterocycles. The van der Waals surface area contributed by atoms with Gasteiger partial charge in [-0.3, -0.25) is 0 Å². The van der Waals surface area contributed by atoms with Crippen LogP contribution >= 0.6 is 0 Å². The lowest BCUT2D eigenvalue weighted by atomic mass is 9.99. The number of ether oxygens (including phenoxy) is 3. The monoisotopic (exact) mass is 277 g/mol. The molecule has 0 unspecified atom stereocenters. The molecule has 5 atom stereocenters. The molecular weight excluding hydrogens is 262 g/mol. The molecule has 20 heavy (non-hydrogen) atoms. The van der Waals surface area contributed by atoms with E-state index in [-0.39, 0.29) is 6.10 Å². The fourth-order valence-electron chi connectivity index (χ4n) is 2.52. The van der Waals surface area contributed by atoms with Crippen molar-refractivity contribution in [3.63, 3.8) is 0 Å². The van der Waals surface area contributed by atoms with Gasteiger partial charge in [0.25, 0.3) is 0 Å². The zero-order valence-electron chi connectivity index (χ0n) is 10.7. The molecule has 2 aliphatic heterocycles. The van der Waals surface area contributed by atoms with E-state index in [4.69, 9.17) is 19.7 Å². The summed E-state index contributed by atoms with van der Waals surface area (Å²) in [6.45, 7) is 0.689. The molecule has 2 aliphatic rings. The maximum atomic E-state index is 10.3. The van der Waals surface area contributed by atoms with Crippen molar-refractivity contribution in [2.24, 2.45) is 5.11 Å². The van der Waals surface area contributed by atoms with E-state index in [9.17, 15) is 5.11 Å². The van der Waals surface area contributed by atoms with Crippen LogP contribution < -0.4 is 0 Å². The third-order valence-electron chi connectivity index (χ3n) is 3.54. The summed E-state index contributed by atoms with van der Waals surface area (Å²) in [4.78, 5) is 2.73. The average Bonchev–Trinajstić information content (AvgIpc) is 2.90. The minimum atomic E-state index is -0.930. The highest BCUT2D eigenvalue weighted by Gasteiger charge is 2.50. The first kappa shape index (κ1) is 13.4. The Labute approximate surface area is 115 Å². The second kappa shape index (κ2) is 5.78. The van der Waals surface area contributed by atoms with Gasteiger partial charge in [0.15, 0.2) is 6.29 Å². The molecule has 3 rings (SSSR count). The van der Waals surface area contributed by atoms with Gasteiger partial charge in [-0.05, 0) is 11.1 Å². The topological polar surface area (TPSA) is 96.7 Å². The van der Waals surface area contributed by atoms with E-state index in [1.165, 1.54) is 0 Å². The van der Waals surface area contributed by atoms with Gasteiger partial charge in [-0.25, -0.2) is 0 Å². The maximum Gasteiger partial charge on any atom is 0.169 e. The van der Waals surface area contributed by atoms with Gasteiger partial charge in [-0.15, -0.1) is 0 Å². The largest absolute Gasteiger partial charge is 0.390 e. The van der Waals surface area contributed by atoms with Crippen LogP contribution in [0, 0.1) is 0 Å². The van der Waals surface area contributed by atoms with E-state index < -0.39 is 24.5 Å². The van der Waals surface area contributed by atoms with E-state index in [1.807, 2.05) is 30.3 Å². The number of hydrogen-bond donors (Lipinski definition) is 1. The summed E-state index contributed by atoms with van der Waals surface area (Å²) in [5.74, 6) is 0. The van der Waals surface area contributed by atoms with Crippen molar-refractivity contribution in [1.29, 1.82) is 0 Å².